The lowest BCUT2D eigenvalue weighted by Crippen LogP contribution is -1.92. The highest BCUT2D eigenvalue weighted by molar-refractivity contribution is 7.99. The van der Waals surface area contributed by atoms with E-state index in [-0.39, 0.29) is 0 Å². The Bertz CT molecular complexity index is 501. The fourth-order valence-electron chi connectivity index (χ4n) is 1.07. The number of aromatic nitrogens is 3. The molecule has 4 nitrogen and oxygen atoms in total. The molecule has 2 heterocycles. The molecule has 82 valence electrons. The molecule has 16 heavy (non-hydrogen) atoms. The van der Waals surface area contributed by atoms with Crippen LogP contribution in [0.4, 0.5) is 5.82 Å². The first kappa shape index (κ1) is 11.2. The van der Waals surface area contributed by atoms with Gasteiger partial charge in [-0.25, -0.2) is 9.97 Å². The Kier molecular flexibility index (Phi) is 3.26. The van der Waals surface area contributed by atoms with Crippen LogP contribution in [-0.4, -0.2) is 15.0 Å². The molecule has 0 aliphatic carbocycles. The predicted molar refractivity (Wildman–Crippen MR) is 64.6 cm³/mol. The van der Waals surface area contributed by atoms with Crippen LogP contribution >= 0.6 is 23.4 Å². The molecule has 0 saturated heterocycles. The summed E-state index contributed by atoms with van der Waals surface area (Å²) in [6.07, 6.45) is 5.03. The summed E-state index contributed by atoms with van der Waals surface area (Å²) in [7, 11) is 0. The number of anilines is 1. The van der Waals surface area contributed by atoms with E-state index >= 15 is 0 Å². The summed E-state index contributed by atoms with van der Waals surface area (Å²) in [5.41, 5.74) is 6.49. The monoisotopic (exact) mass is 252 g/mol. The number of pyridine rings is 1. The van der Waals surface area contributed by atoms with E-state index in [2.05, 4.69) is 15.0 Å². The van der Waals surface area contributed by atoms with Crippen LogP contribution < -0.4 is 5.73 Å². The zero-order valence-corrected chi connectivity index (χ0v) is 10.1. The van der Waals surface area contributed by atoms with Crippen LogP contribution in [0.15, 0.2) is 34.6 Å². The number of hydrogen-bond donors (Lipinski definition) is 1. The molecule has 0 aliphatic rings. The maximum absolute atomic E-state index is 6.02. The van der Waals surface area contributed by atoms with E-state index in [1.54, 1.807) is 24.7 Å². The Labute approximate surface area is 102 Å². The first-order chi connectivity index (χ1) is 7.66. The number of hydrogen-bond acceptors (Lipinski definition) is 5. The third kappa shape index (κ3) is 2.43. The smallest absolute Gasteiger partial charge is 0.143 e. The Morgan fingerprint density at radius 2 is 2.06 bits per heavy atom. The Morgan fingerprint density at radius 3 is 2.75 bits per heavy atom. The van der Waals surface area contributed by atoms with Crippen LogP contribution in [-0.2, 0) is 0 Å². The van der Waals surface area contributed by atoms with Gasteiger partial charge < -0.3 is 5.73 Å². The van der Waals surface area contributed by atoms with Gasteiger partial charge in [-0.05, 0) is 13.0 Å². The quantitative estimate of drug-likeness (QED) is 0.890. The van der Waals surface area contributed by atoms with Gasteiger partial charge in [-0.3, -0.25) is 4.98 Å². The SMILES string of the molecule is Cc1cnc(Sc2ccnc(N)c2Cl)cn1. The van der Waals surface area contributed by atoms with Gasteiger partial charge in [0.2, 0.25) is 0 Å². The number of nitrogens with zero attached hydrogens (tertiary/aromatic N) is 3. The van der Waals surface area contributed by atoms with Crippen molar-refractivity contribution in [3.63, 3.8) is 0 Å². The minimum atomic E-state index is 0.326. The highest BCUT2D eigenvalue weighted by atomic mass is 35.5. The van der Waals surface area contributed by atoms with Crippen molar-refractivity contribution in [2.24, 2.45) is 0 Å². The predicted octanol–water partition coefficient (Wildman–Crippen LogP) is 2.57. The summed E-state index contributed by atoms with van der Waals surface area (Å²) < 4.78 is 0. The largest absolute Gasteiger partial charge is 0.382 e. The van der Waals surface area contributed by atoms with Crippen molar-refractivity contribution in [3.05, 3.63) is 35.4 Å². The van der Waals surface area contributed by atoms with Crippen molar-refractivity contribution >= 4 is 29.2 Å². The van der Waals surface area contributed by atoms with Gasteiger partial charge in [0.15, 0.2) is 0 Å². The summed E-state index contributed by atoms with van der Waals surface area (Å²) in [4.78, 5) is 13.1. The maximum atomic E-state index is 6.02. The van der Waals surface area contributed by atoms with Gasteiger partial charge in [0.05, 0.1) is 16.9 Å². The van der Waals surface area contributed by atoms with Crippen molar-refractivity contribution in [1.29, 1.82) is 0 Å². The van der Waals surface area contributed by atoms with Crippen LogP contribution in [0.2, 0.25) is 5.02 Å². The molecule has 0 fully saturated rings. The molecular weight excluding hydrogens is 244 g/mol. The van der Waals surface area contributed by atoms with E-state index in [1.165, 1.54) is 11.8 Å². The molecule has 0 aromatic carbocycles. The van der Waals surface area contributed by atoms with Crippen molar-refractivity contribution in [1.82, 2.24) is 15.0 Å². The maximum Gasteiger partial charge on any atom is 0.143 e. The zero-order valence-electron chi connectivity index (χ0n) is 8.51. The fourth-order valence-corrected chi connectivity index (χ4v) is 2.05. The molecule has 2 N–H and O–H groups in total. The lowest BCUT2D eigenvalue weighted by Gasteiger charge is -2.04. The van der Waals surface area contributed by atoms with Gasteiger partial charge in [-0.1, -0.05) is 23.4 Å². The van der Waals surface area contributed by atoms with Crippen LogP contribution in [0, 0.1) is 6.92 Å². The summed E-state index contributed by atoms with van der Waals surface area (Å²) in [5, 5.41) is 1.23. The van der Waals surface area contributed by atoms with Crippen molar-refractivity contribution < 1.29 is 0 Å². The first-order valence-electron chi connectivity index (χ1n) is 4.53. The Morgan fingerprint density at radius 1 is 1.25 bits per heavy atom. The van der Waals surface area contributed by atoms with Gasteiger partial charge in [0.25, 0.3) is 0 Å². The second-order valence-corrected chi connectivity index (χ2v) is 4.55. The molecule has 0 saturated carbocycles. The van der Waals surface area contributed by atoms with Crippen LogP contribution in [0.5, 0.6) is 0 Å². The Balaban J connectivity index is 2.27. The molecule has 0 atom stereocenters. The van der Waals surface area contributed by atoms with E-state index in [0.29, 0.717) is 10.8 Å². The zero-order chi connectivity index (χ0) is 11.5. The number of nitrogen functional groups attached to an aromatic ring is 1. The number of aryl methyl sites for hydroxylation is 1. The molecule has 0 radical (unpaired) electrons. The molecule has 0 spiro atoms. The molecule has 0 unspecified atom stereocenters. The molecule has 6 heteroatoms. The normalized spacial score (nSPS) is 10.4. The molecule has 0 aliphatic heterocycles. The molecule has 2 rings (SSSR count). The summed E-state index contributed by atoms with van der Waals surface area (Å²) in [5.74, 6) is 0.326. The average Bonchev–Trinajstić information content (AvgIpc) is 2.28. The molecule has 2 aromatic heterocycles. The minimum Gasteiger partial charge on any atom is -0.382 e. The highest BCUT2D eigenvalue weighted by Gasteiger charge is 2.07. The summed E-state index contributed by atoms with van der Waals surface area (Å²) in [6.45, 7) is 1.89. The van der Waals surface area contributed by atoms with Crippen LogP contribution in [0.25, 0.3) is 0 Å². The summed E-state index contributed by atoms with van der Waals surface area (Å²) in [6, 6.07) is 1.80. The van der Waals surface area contributed by atoms with Crippen LogP contribution in [0.3, 0.4) is 0 Å². The van der Waals surface area contributed by atoms with Gasteiger partial charge in [-0.15, -0.1) is 0 Å². The number of rotatable bonds is 2. The van der Waals surface area contributed by atoms with Crippen molar-refractivity contribution in [2.45, 2.75) is 16.8 Å². The highest BCUT2D eigenvalue weighted by Crippen LogP contribution is 2.33. The standard InChI is InChI=1S/C10H9ClN4S/c1-6-4-15-8(5-14-6)16-7-2-3-13-10(12)9(7)11/h2-5H,1H3,(H2,12,13). The van der Waals surface area contributed by atoms with E-state index < -0.39 is 0 Å². The van der Waals surface area contributed by atoms with Gasteiger partial charge >= 0.3 is 0 Å². The number of nitrogens with two attached hydrogens (primary N) is 1. The third-order valence-corrected chi connectivity index (χ3v) is 3.34. The van der Waals surface area contributed by atoms with Crippen LogP contribution in [0.1, 0.15) is 5.69 Å². The van der Waals surface area contributed by atoms with E-state index in [0.717, 1.165) is 15.6 Å². The minimum absolute atomic E-state index is 0.326. The van der Waals surface area contributed by atoms with E-state index in [1.807, 2.05) is 6.92 Å². The fraction of sp³-hybridized carbons (Fsp3) is 0.100. The second-order valence-electron chi connectivity index (χ2n) is 3.11. The first-order valence-corrected chi connectivity index (χ1v) is 5.73. The third-order valence-electron chi connectivity index (χ3n) is 1.85. The van der Waals surface area contributed by atoms with Crippen molar-refractivity contribution in [2.75, 3.05) is 5.73 Å². The lowest BCUT2D eigenvalue weighted by molar-refractivity contribution is 1.01. The molecule has 0 amide bonds. The number of halogens is 1. The van der Waals surface area contributed by atoms with Gasteiger partial charge in [-0.2, -0.15) is 0 Å². The average molecular weight is 253 g/mol. The Hall–Kier alpha value is -1.33. The van der Waals surface area contributed by atoms with E-state index in [9.17, 15) is 0 Å². The summed E-state index contributed by atoms with van der Waals surface area (Å²) >= 11 is 7.43. The van der Waals surface area contributed by atoms with Crippen molar-refractivity contribution in [3.8, 4) is 0 Å². The molecule has 2 aromatic rings. The second kappa shape index (κ2) is 4.67. The van der Waals surface area contributed by atoms with Gasteiger partial charge in [0, 0.05) is 17.3 Å². The van der Waals surface area contributed by atoms with E-state index in [4.69, 9.17) is 17.3 Å². The lowest BCUT2D eigenvalue weighted by atomic mass is 10.5. The molecule has 0 bridgehead atoms. The topological polar surface area (TPSA) is 64.7 Å². The van der Waals surface area contributed by atoms with Gasteiger partial charge in [0.1, 0.15) is 10.8 Å². The molecular formula is C10H9ClN4S.